The van der Waals surface area contributed by atoms with Crippen molar-refractivity contribution < 1.29 is 34.2 Å². The SMILES string of the molecule is CC(C)CC(NC(=O)C(NC(=O)C(CC(N)=O)NC(=O)C(N)Cc1ccc(O)cc1)C(C)C)C(=O)O. The van der Waals surface area contributed by atoms with Gasteiger partial charge in [-0.3, -0.25) is 19.2 Å². The van der Waals surface area contributed by atoms with Crippen molar-refractivity contribution in [2.45, 2.75) is 71.1 Å². The molecule has 0 heterocycles. The largest absolute Gasteiger partial charge is 0.508 e. The molecule has 1 aromatic rings. The molecule has 12 nitrogen and oxygen atoms in total. The lowest BCUT2D eigenvalue weighted by Crippen LogP contribution is -2.59. The third kappa shape index (κ3) is 10.3. The van der Waals surface area contributed by atoms with E-state index in [-0.39, 0.29) is 24.5 Å². The van der Waals surface area contributed by atoms with Crippen LogP contribution in [0.15, 0.2) is 24.3 Å². The van der Waals surface area contributed by atoms with Crippen LogP contribution in [0.2, 0.25) is 0 Å². The minimum absolute atomic E-state index is 0.000523. The highest BCUT2D eigenvalue weighted by Gasteiger charge is 2.32. The van der Waals surface area contributed by atoms with Crippen molar-refractivity contribution in [2.24, 2.45) is 23.3 Å². The van der Waals surface area contributed by atoms with Crippen molar-refractivity contribution >= 4 is 29.6 Å². The summed E-state index contributed by atoms with van der Waals surface area (Å²) in [6, 6.07) is 1.30. The Morgan fingerprint density at radius 3 is 1.89 bits per heavy atom. The monoisotopic (exact) mass is 507 g/mol. The molecule has 0 aromatic heterocycles. The van der Waals surface area contributed by atoms with Gasteiger partial charge in [0.25, 0.3) is 0 Å². The van der Waals surface area contributed by atoms with Crippen LogP contribution in [-0.4, -0.2) is 64.0 Å². The molecular formula is C24H37N5O7. The summed E-state index contributed by atoms with van der Waals surface area (Å²) >= 11 is 0. The molecule has 4 unspecified atom stereocenters. The van der Waals surface area contributed by atoms with Gasteiger partial charge in [-0.05, 0) is 42.4 Å². The maximum absolute atomic E-state index is 13.0. The number of phenolic OH excluding ortho intramolecular Hbond substituents is 1. The normalized spacial score (nSPS) is 14.4. The van der Waals surface area contributed by atoms with Gasteiger partial charge < -0.3 is 37.6 Å². The minimum Gasteiger partial charge on any atom is -0.508 e. The molecule has 200 valence electrons. The van der Waals surface area contributed by atoms with Gasteiger partial charge in [0.1, 0.15) is 23.9 Å². The van der Waals surface area contributed by atoms with Crippen LogP contribution in [0.25, 0.3) is 0 Å². The number of aliphatic carboxylic acids is 1. The molecule has 4 atom stereocenters. The number of hydrogen-bond acceptors (Lipinski definition) is 7. The second-order valence-electron chi connectivity index (χ2n) is 9.47. The van der Waals surface area contributed by atoms with Crippen LogP contribution in [0.3, 0.4) is 0 Å². The molecule has 1 rings (SSSR count). The molecule has 0 bridgehead atoms. The number of carbonyl (C=O) groups is 5. The number of aromatic hydroxyl groups is 1. The lowest BCUT2D eigenvalue weighted by Gasteiger charge is -2.27. The summed E-state index contributed by atoms with van der Waals surface area (Å²) in [5.41, 5.74) is 11.9. The van der Waals surface area contributed by atoms with E-state index in [9.17, 15) is 34.2 Å². The predicted molar refractivity (Wildman–Crippen MR) is 131 cm³/mol. The van der Waals surface area contributed by atoms with E-state index in [1.807, 2.05) is 13.8 Å². The zero-order valence-electron chi connectivity index (χ0n) is 21.0. The van der Waals surface area contributed by atoms with Crippen LogP contribution in [0.5, 0.6) is 5.75 Å². The van der Waals surface area contributed by atoms with E-state index in [0.29, 0.717) is 5.56 Å². The van der Waals surface area contributed by atoms with E-state index in [1.165, 1.54) is 12.1 Å². The third-order valence-corrected chi connectivity index (χ3v) is 5.34. The van der Waals surface area contributed by atoms with Crippen molar-refractivity contribution in [2.75, 3.05) is 0 Å². The Kier molecular flexibility index (Phi) is 11.8. The molecule has 12 heteroatoms. The Hall–Kier alpha value is -3.67. The highest BCUT2D eigenvalue weighted by Crippen LogP contribution is 2.12. The smallest absolute Gasteiger partial charge is 0.326 e. The first-order chi connectivity index (χ1) is 16.7. The number of benzene rings is 1. The molecule has 0 saturated heterocycles. The van der Waals surface area contributed by atoms with Gasteiger partial charge in [0, 0.05) is 0 Å². The molecule has 4 amide bonds. The molecule has 0 aliphatic carbocycles. The number of phenols is 1. The maximum atomic E-state index is 13.0. The van der Waals surface area contributed by atoms with Crippen LogP contribution in [0.1, 0.15) is 46.1 Å². The molecule has 0 saturated carbocycles. The summed E-state index contributed by atoms with van der Waals surface area (Å²) < 4.78 is 0. The fourth-order valence-corrected chi connectivity index (χ4v) is 3.41. The Morgan fingerprint density at radius 2 is 1.42 bits per heavy atom. The average molecular weight is 508 g/mol. The second kappa shape index (κ2) is 14.0. The van der Waals surface area contributed by atoms with Crippen LogP contribution >= 0.6 is 0 Å². The van der Waals surface area contributed by atoms with Gasteiger partial charge in [-0.25, -0.2) is 4.79 Å². The van der Waals surface area contributed by atoms with Gasteiger partial charge in [0.2, 0.25) is 23.6 Å². The highest BCUT2D eigenvalue weighted by atomic mass is 16.4. The van der Waals surface area contributed by atoms with Gasteiger partial charge in [0.15, 0.2) is 0 Å². The van der Waals surface area contributed by atoms with Gasteiger partial charge in [-0.2, -0.15) is 0 Å². The minimum atomic E-state index is -1.40. The average Bonchev–Trinajstić information content (AvgIpc) is 2.76. The zero-order valence-corrected chi connectivity index (χ0v) is 21.0. The first-order valence-electron chi connectivity index (χ1n) is 11.7. The quantitative estimate of drug-likeness (QED) is 0.172. The standard InChI is InChI=1S/C24H37N5O7/c1-12(2)9-18(24(35)36)28-23(34)20(13(3)4)29-22(33)17(11-19(26)31)27-21(32)16(25)10-14-5-7-15(30)8-6-14/h5-8,12-13,16-18,20,30H,9-11,25H2,1-4H3,(H2,26,31)(H,27,32)(H,28,34)(H,29,33)(H,35,36). The van der Waals surface area contributed by atoms with E-state index in [1.54, 1.807) is 26.0 Å². The van der Waals surface area contributed by atoms with E-state index >= 15 is 0 Å². The van der Waals surface area contributed by atoms with Crippen molar-refractivity contribution in [3.63, 3.8) is 0 Å². The summed E-state index contributed by atoms with van der Waals surface area (Å²) in [5.74, 6) is -4.73. The number of hydrogen-bond donors (Lipinski definition) is 7. The zero-order chi connectivity index (χ0) is 27.6. The van der Waals surface area contributed by atoms with Crippen LogP contribution in [0, 0.1) is 11.8 Å². The fourth-order valence-electron chi connectivity index (χ4n) is 3.41. The third-order valence-electron chi connectivity index (χ3n) is 5.34. The molecule has 1 aromatic carbocycles. The Morgan fingerprint density at radius 1 is 0.861 bits per heavy atom. The number of rotatable bonds is 14. The summed E-state index contributed by atoms with van der Waals surface area (Å²) in [6.07, 6.45) is -0.249. The van der Waals surface area contributed by atoms with Crippen molar-refractivity contribution in [3.8, 4) is 5.75 Å². The number of amides is 4. The van der Waals surface area contributed by atoms with Crippen LogP contribution in [0.4, 0.5) is 0 Å². The van der Waals surface area contributed by atoms with Crippen molar-refractivity contribution in [1.29, 1.82) is 0 Å². The predicted octanol–water partition coefficient (Wildman–Crippen LogP) is -0.621. The summed E-state index contributed by atoms with van der Waals surface area (Å²) in [7, 11) is 0. The molecule has 36 heavy (non-hydrogen) atoms. The Bertz CT molecular complexity index is 933. The fraction of sp³-hybridized carbons (Fsp3) is 0.542. The van der Waals surface area contributed by atoms with Crippen LogP contribution in [-0.2, 0) is 30.4 Å². The van der Waals surface area contributed by atoms with Crippen molar-refractivity contribution in [3.05, 3.63) is 29.8 Å². The summed E-state index contributed by atoms with van der Waals surface area (Å²) in [5, 5.41) is 26.1. The van der Waals surface area contributed by atoms with Gasteiger partial charge in [0.05, 0.1) is 12.5 Å². The molecule has 0 radical (unpaired) electrons. The number of carbonyl (C=O) groups excluding carboxylic acids is 4. The van der Waals surface area contributed by atoms with Gasteiger partial charge in [-0.1, -0.05) is 39.8 Å². The van der Waals surface area contributed by atoms with E-state index < -0.39 is 66.1 Å². The Balaban J connectivity index is 2.94. The lowest BCUT2D eigenvalue weighted by molar-refractivity contribution is -0.143. The lowest BCUT2D eigenvalue weighted by atomic mass is 9.99. The number of primary amides is 1. The molecule has 0 aliphatic rings. The number of nitrogens with one attached hydrogen (secondary N) is 3. The maximum Gasteiger partial charge on any atom is 0.326 e. The number of carboxylic acid groups (broad SMARTS) is 1. The number of nitrogens with two attached hydrogens (primary N) is 2. The number of carboxylic acids is 1. The first-order valence-corrected chi connectivity index (χ1v) is 11.7. The summed E-state index contributed by atoms with van der Waals surface area (Å²) in [4.78, 5) is 61.5. The van der Waals surface area contributed by atoms with Gasteiger partial charge in [-0.15, -0.1) is 0 Å². The molecule has 0 fully saturated rings. The molecule has 0 spiro atoms. The van der Waals surface area contributed by atoms with E-state index in [0.717, 1.165) is 0 Å². The van der Waals surface area contributed by atoms with Crippen LogP contribution < -0.4 is 27.4 Å². The van der Waals surface area contributed by atoms with Crippen molar-refractivity contribution in [1.82, 2.24) is 16.0 Å². The summed E-state index contributed by atoms with van der Waals surface area (Å²) in [6.45, 7) is 6.93. The topological polar surface area (TPSA) is 214 Å². The Labute approximate surface area is 210 Å². The first kappa shape index (κ1) is 30.4. The van der Waals surface area contributed by atoms with Gasteiger partial charge >= 0.3 is 5.97 Å². The van der Waals surface area contributed by atoms with E-state index in [2.05, 4.69) is 16.0 Å². The molecular weight excluding hydrogens is 470 g/mol. The van der Waals surface area contributed by atoms with E-state index in [4.69, 9.17) is 11.5 Å². The highest BCUT2D eigenvalue weighted by molar-refractivity contribution is 5.96. The molecule has 9 N–H and O–H groups in total. The molecule has 0 aliphatic heterocycles. The second-order valence-corrected chi connectivity index (χ2v) is 9.47.